The average molecular weight is 206 g/mol. The van der Waals surface area contributed by atoms with E-state index in [9.17, 15) is 0 Å². The molecule has 0 amide bonds. The molecule has 15 heavy (non-hydrogen) atoms. The van der Waals surface area contributed by atoms with Crippen LogP contribution in [0, 0.1) is 0 Å². The molecule has 0 saturated heterocycles. The van der Waals surface area contributed by atoms with Crippen LogP contribution in [0.3, 0.4) is 0 Å². The predicted octanol–water partition coefficient (Wildman–Crippen LogP) is 4.96. The van der Waals surface area contributed by atoms with E-state index in [1.54, 1.807) is 0 Å². The highest BCUT2D eigenvalue weighted by Crippen LogP contribution is 2.22. The van der Waals surface area contributed by atoms with E-state index in [0.29, 0.717) is 0 Å². The molecule has 0 aromatic heterocycles. The normalized spacial score (nSPS) is 10.5. The highest BCUT2D eigenvalue weighted by atomic mass is 14.2. The van der Waals surface area contributed by atoms with Gasteiger partial charge < -0.3 is 0 Å². The SMILES string of the molecule is CC.CCCc1ccc(C(C)(C)C)cc1. The molecule has 0 heteroatoms. The average Bonchev–Trinajstić information content (AvgIpc) is 2.21. The maximum atomic E-state index is 2.25. The molecule has 0 atom stereocenters. The fraction of sp³-hybridized carbons (Fsp3) is 0.600. The minimum Gasteiger partial charge on any atom is -0.0683 e. The Kier molecular flexibility index (Phi) is 6.31. The van der Waals surface area contributed by atoms with Crippen molar-refractivity contribution in [1.29, 1.82) is 0 Å². The van der Waals surface area contributed by atoms with Gasteiger partial charge in [0.15, 0.2) is 0 Å². The Morgan fingerprint density at radius 3 is 1.73 bits per heavy atom. The Morgan fingerprint density at radius 2 is 1.40 bits per heavy atom. The van der Waals surface area contributed by atoms with Crippen molar-refractivity contribution in [2.24, 2.45) is 0 Å². The summed E-state index contributed by atoms with van der Waals surface area (Å²) in [5, 5.41) is 0. The van der Waals surface area contributed by atoms with Crippen molar-refractivity contribution in [3.63, 3.8) is 0 Å². The summed E-state index contributed by atoms with van der Waals surface area (Å²) in [6.07, 6.45) is 2.43. The molecule has 0 radical (unpaired) electrons. The fourth-order valence-corrected chi connectivity index (χ4v) is 1.46. The molecular weight excluding hydrogens is 180 g/mol. The van der Waals surface area contributed by atoms with E-state index in [-0.39, 0.29) is 5.41 Å². The Labute approximate surface area is 95.7 Å². The van der Waals surface area contributed by atoms with Crippen LogP contribution in [0.2, 0.25) is 0 Å². The van der Waals surface area contributed by atoms with Crippen LogP contribution in [0.25, 0.3) is 0 Å². The zero-order valence-corrected chi connectivity index (χ0v) is 11.2. The van der Waals surface area contributed by atoms with Gasteiger partial charge in [0.05, 0.1) is 0 Å². The van der Waals surface area contributed by atoms with E-state index in [4.69, 9.17) is 0 Å². The second-order valence-electron chi connectivity index (χ2n) is 4.70. The minimum absolute atomic E-state index is 0.282. The number of rotatable bonds is 2. The molecular formula is C15H26. The van der Waals surface area contributed by atoms with E-state index in [2.05, 4.69) is 52.0 Å². The summed E-state index contributed by atoms with van der Waals surface area (Å²) in [6, 6.07) is 9.02. The maximum absolute atomic E-state index is 2.25. The zero-order chi connectivity index (χ0) is 11.9. The number of hydrogen-bond acceptors (Lipinski definition) is 0. The van der Waals surface area contributed by atoms with E-state index in [0.717, 1.165) is 0 Å². The zero-order valence-electron chi connectivity index (χ0n) is 11.2. The molecule has 0 aliphatic carbocycles. The third-order valence-electron chi connectivity index (χ3n) is 2.36. The summed E-state index contributed by atoms with van der Waals surface area (Å²) < 4.78 is 0. The lowest BCUT2D eigenvalue weighted by atomic mass is 9.86. The molecule has 1 aromatic rings. The summed E-state index contributed by atoms with van der Waals surface area (Å²) in [7, 11) is 0. The van der Waals surface area contributed by atoms with Crippen LogP contribution in [0.4, 0.5) is 0 Å². The van der Waals surface area contributed by atoms with Crippen molar-refractivity contribution in [2.45, 2.75) is 59.8 Å². The monoisotopic (exact) mass is 206 g/mol. The Balaban J connectivity index is 0.000000921. The highest BCUT2D eigenvalue weighted by molar-refractivity contribution is 5.27. The molecule has 1 rings (SSSR count). The molecule has 0 bridgehead atoms. The van der Waals surface area contributed by atoms with Crippen molar-refractivity contribution in [2.75, 3.05) is 0 Å². The topological polar surface area (TPSA) is 0 Å². The molecule has 0 spiro atoms. The van der Waals surface area contributed by atoms with Crippen LogP contribution in [-0.4, -0.2) is 0 Å². The molecule has 86 valence electrons. The Bertz CT molecular complexity index is 248. The van der Waals surface area contributed by atoms with Gasteiger partial charge in [-0.15, -0.1) is 0 Å². The van der Waals surface area contributed by atoms with Gasteiger partial charge >= 0.3 is 0 Å². The van der Waals surface area contributed by atoms with Crippen LogP contribution in [0.1, 0.15) is 59.1 Å². The fourth-order valence-electron chi connectivity index (χ4n) is 1.46. The highest BCUT2D eigenvalue weighted by Gasteiger charge is 2.12. The second kappa shape index (κ2) is 6.66. The lowest BCUT2D eigenvalue weighted by Gasteiger charge is -2.19. The smallest absolute Gasteiger partial charge is 0.0132 e. The van der Waals surface area contributed by atoms with Gasteiger partial charge in [0.1, 0.15) is 0 Å². The minimum atomic E-state index is 0.282. The van der Waals surface area contributed by atoms with E-state index >= 15 is 0 Å². The second-order valence-corrected chi connectivity index (χ2v) is 4.70. The van der Waals surface area contributed by atoms with Crippen molar-refractivity contribution in [3.05, 3.63) is 35.4 Å². The Morgan fingerprint density at radius 1 is 0.933 bits per heavy atom. The van der Waals surface area contributed by atoms with Crippen LogP contribution in [0.5, 0.6) is 0 Å². The number of hydrogen-bond donors (Lipinski definition) is 0. The molecule has 0 aliphatic heterocycles. The molecule has 1 aromatic carbocycles. The van der Waals surface area contributed by atoms with Crippen molar-refractivity contribution in [3.8, 4) is 0 Å². The molecule has 0 unspecified atom stereocenters. The van der Waals surface area contributed by atoms with E-state index in [1.807, 2.05) is 13.8 Å². The van der Waals surface area contributed by atoms with Gasteiger partial charge in [0.25, 0.3) is 0 Å². The standard InChI is InChI=1S/C13H20.C2H6/c1-5-6-11-7-9-12(10-8-11)13(2,3)4;1-2/h7-10H,5-6H2,1-4H3;1-2H3. The third kappa shape index (κ3) is 5.01. The van der Waals surface area contributed by atoms with Crippen molar-refractivity contribution >= 4 is 0 Å². The summed E-state index contributed by atoms with van der Waals surface area (Å²) >= 11 is 0. The molecule has 0 fully saturated rings. The van der Waals surface area contributed by atoms with Crippen LogP contribution < -0.4 is 0 Å². The largest absolute Gasteiger partial charge is 0.0683 e. The van der Waals surface area contributed by atoms with Gasteiger partial charge in [-0.2, -0.15) is 0 Å². The molecule has 0 heterocycles. The first-order valence-electron chi connectivity index (χ1n) is 6.13. The van der Waals surface area contributed by atoms with Crippen LogP contribution in [0.15, 0.2) is 24.3 Å². The summed E-state index contributed by atoms with van der Waals surface area (Å²) in [5.41, 5.74) is 3.16. The lowest BCUT2D eigenvalue weighted by molar-refractivity contribution is 0.590. The van der Waals surface area contributed by atoms with E-state index < -0.39 is 0 Å². The van der Waals surface area contributed by atoms with Gasteiger partial charge in [-0.1, -0.05) is 72.2 Å². The van der Waals surface area contributed by atoms with Gasteiger partial charge in [0, 0.05) is 0 Å². The van der Waals surface area contributed by atoms with Crippen LogP contribution >= 0.6 is 0 Å². The number of aryl methyl sites for hydroxylation is 1. The third-order valence-corrected chi connectivity index (χ3v) is 2.36. The predicted molar refractivity (Wildman–Crippen MR) is 70.5 cm³/mol. The molecule has 0 nitrogen and oxygen atoms in total. The first-order valence-corrected chi connectivity index (χ1v) is 6.13. The molecule has 0 N–H and O–H groups in total. The summed E-state index contributed by atoms with van der Waals surface area (Å²) in [6.45, 7) is 13.0. The van der Waals surface area contributed by atoms with Gasteiger partial charge in [-0.25, -0.2) is 0 Å². The summed E-state index contributed by atoms with van der Waals surface area (Å²) in [4.78, 5) is 0. The van der Waals surface area contributed by atoms with Crippen molar-refractivity contribution < 1.29 is 0 Å². The molecule has 0 aliphatic rings. The quantitative estimate of drug-likeness (QED) is 0.641. The van der Waals surface area contributed by atoms with Crippen LogP contribution in [-0.2, 0) is 11.8 Å². The first-order chi connectivity index (χ1) is 7.04. The van der Waals surface area contributed by atoms with E-state index in [1.165, 1.54) is 24.0 Å². The summed E-state index contributed by atoms with van der Waals surface area (Å²) in [5.74, 6) is 0. The molecule has 0 saturated carbocycles. The van der Waals surface area contributed by atoms with Gasteiger partial charge in [-0.05, 0) is 23.0 Å². The van der Waals surface area contributed by atoms with Crippen molar-refractivity contribution in [1.82, 2.24) is 0 Å². The van der Waals surface area contributed by atoms with Gasteiger partial charge in [0.2, 0.25) is 0 Å². The number of benzene rings is 1. The maximum Gasteiger partial charge on any atom is -0.0132 e. The lowest BCUT2D eigenvalue weighted by Crippen LogP contribution is -2.10. The first kappa shape index (κ1) is 14.2. The Hall–Kier alpha value is -0.780. The van der Waals surface area contributed by atoms with Gasteiger partial charge in [-0.3, -0.25) is 0 Å².